The van der Waals surface area contributed by atoms with E-state index in [1.807, 2.05) is 12.1 Å². The van der Waals surface area contributed by atoms with Crippen molar-refractivity contribution >= 4 is 10.8 Å². The Kier molecular flexibility index (Phi) is 6.95. The molecule has 0 unspecified atom stereocenters. The van der Waals surface area contributed by atoms with Gasteiger partial charge in [-0.3, -0.25) is 0 Å². The van der Waals surface area contributed by atoms with E-state index in [4.69, 9.17) is 4.74 Å². The first kappa shape index (κ1) is 23.5. The third-order valence-corrected chi connectivity index (χ3v) is 5.45. The van der Waals surface area contributed by atoms with Gasteiger partial charge in [0.15, 0.2) is 17.5 Å². The molecule has 0 heterocycles. The minimum absolute atomic E-state index is 0.0881. The molecule has 0 aromatic heterocycles. The summed E-state index contributed by atoms with van der Waals surface area (Å²) in [6, 6.07) is 14.6. The zero-order valence-electron chi connectivity index (χ0n) is 18.2. The molecule has 1 nitrogen and oxygen atoms in total. The summed E-state index contributed by atoms with van der Waals surface area (Å²) in [5.41, 5.74) is 1.99. The predicted octanol–water partition coefficient (Wildman–Crippen LogP) is 7.18. The molecule has 172 valence electrons. The van der Waals surface area contributed by atoms with E-state index in [9.17, 15) is 22.0 Å². The number of methoxy groups -OCH3 is 1. The second kappa shape index (κ2) is 10.1. The average Bonchev–Trinajstić information content (AvgIpc) is 2.82. The van der Waals surface area contributed by atoms with E-state index >= 15 is 0 Å². The van der Waals surface area contributed by atoms with Gasteiger partial charge in [0.2, 0.25) is 0 Å². The van der Waals surface area contributed by atoms with Crippen LogP contribution in [0.15, 0.2) is 60.7 Å². The monoisotopic (exact) mass is 466 g/mol. The van der Waals surface area contributed by atoms with Crippen LogP contribution in [0.5, 0.6) is 0 Å². The van der Waals surface area contributed by atoms with Crippen LogP contribution in [0.25, 0.3) is 21.9 Å². The Bertz CT molecular complexity index is 1390. The lowest BCUT2D eigenvalue weighted by molar-refractivity contribution is 0.195. The topological polar surface area (TPSA) is 9.23 Å². The molecule has 0 saturated carbocycles. The van der Waals surface area contributed by atoms with E-state index in [-0.39, 0.29) is 16.3 Å². The van der Waals surface area contributed by atoms with Crippen molar-refractivity contribution < 1.29 is 26.7 Å². The van der Waals surface area contributed by atoms with Gasteiger partial charge in [-0.15, -0.1) is 0 Å². The summed E-state index contributed by atoms with van der Waals surface area (Å²) >= 11 is 0. The van der Waals surface area contributed by atoms with Crippen molar-refractivity contribution in [2.75, 3.05) is 13.7 Å². The standard InChI is InChI=1S/C28H19F5O/c1-34-12-2-3-17-4-8-19(9-5-17)20-14-24(29)23(25(30)15-20)11-7-18-6-10-22-21(13-18)16-26(31)28(33)27(22)32/h4-6,8-10,13-16H,2-3,12H2,1H3. The van der Waals surface area contributed by atoms with Crippen molar-refractivity contribution in [1.29, 1.82) is 0 Å². The Hall–Kier alpha value is -3.69. The zero-order valence-corrected chi connectivity index (χ0v) is 18.2. The Balaban J connectivity index is 1.60. The van der Waals surface area contributed by atoms with E-state index < -0.39 is 34.6 Å². The fraction of sp³-hybridized carbons (Fsp3) is 0.143. The van der Waals surface area contributed by atoms with E-state index in [1.165, 1.54) is 30.3 Å². The number of fused-ring (bicyclic) bond motifs is 1. The summed E-state index contributed by atoms with van der Waals surface area (Å²) in [6.45, 7) is 0.659. The van der Waals surface area contributed by atoms with Crippen LogP contribution in [0.1, 0.15) is 23.1 Å². The summed E-state index contributed by atoms with van der Waals surface area (Å²) in [5.74, 6) is -0.796. The number of hydrogen-bond acceptors (Lipinski definition) is 1. The fourth-order valence-electron chi connectivity index (χ4n) is 3.66. The van der Waals surface area contributed by atoms with Crippen molar-refractivity contribution in [2.45, 2.75) is 12.8 Å². The van der Waals surface area contributed by atoms with Crippen molar-refractivity contribution in [3.05, 3.63) is 106 Å². The van der Waals surface area contributed by atoms with E-state index in [2.05, 4.69) is 11.8 Å². The molecule has 0 radical (unpaired) electrons. The van der Waals surface area contributed by atoms with Gasteiger partial charge in [-0.2, -0.15) is 0 Å². The van der Waals surface area contributed by atoms with Gasteiger partial charge in [-0.05, 0) is 65.3 Å². The maximum Gasteiger partial charge on any atom is 0.195 e. The highest BCUT2D eigenvalue weighted by Crippen LogP contribution is 2.26. The lowest BCUT2D eigenvalue weighted by Gasteiger charge is -2.07. The molecule has 4 rings (SSSR count). The van der Waals surface area contributed by atoms with Gasteiger partial charge in [0.1, 0.15) is 11.6 Å². The quantitative estimate of drug-likeness (QED) is 0.131. The third kappa shape index (κ3) is 4.95. The van der Waals surface area contributed by atoms with Crippen molar-refractivity contribution in [1.82, 2.24) is 0 Å². The first-order valence-corrected chi connectivity index (χ1v) is 10.5. The first-order valence-electron chi connectivity index (χ1n) is 10.5. The van der Waals surface area contributed by atoms with Crippen LogP contribution in [0.4, 0.5) is 22.0 Å². The molecular formula is C28H19F5O. The fourth-order valence-corrected chi connectivity index (χ4v) is 3.66. The first-order chi connectivity index (χ1) is 16.4. The van der Waals surface area contributed by atoms with Crippen LogP contribution in [-0.2, 0) is 11.2 Å². The number of rotatable bonds is 5. The van der Waals surface area contributed by atoms with Crippen LogP contribution in [-0.4, -0.2) is 13.7 Å². The summed E-state index contributed by atoms with van der Waals surface area (Å²) in [7, 11) is 1.65. The van der Waals surface area contributed by atoms with Gasteiger partial charge in [-0.1, -0.05) is 42.2 Å². The molecule has 0 amide bonds. The van der Waals surface area contributed by atoms with E-state index in [1.54, 1.807) is 19.2 Å². The molecule has 0 spiro atoms. The summed E-state index contributed by atoms with van der Waals surface area (Å²) in [6.07, 6.45) is 1.72. The normalized spacial score (nSPS) is 10.9. The molecule has 0 aliphatic carbocycles. The number of ether oxygens (including phenoxy) is 1. The number of aryl methyl sites for hydroxylation is 1. The van der Waals surface area contributed by atoms with Crippen LogP contribution in [0.2, 0.25) is 0 Å². The second-order valence-electron chi connectivity index (χ2n) is 7.78. The smallest absolute Gasteiger partial charge is 0.195 e. The third-order valence-electron chi connectivity index (χ3n) is 5.45. The van der Waals surface area contributed by atoms with Crippen molar-refractivity contribution in [2.24, 2.45) is 0 Å². The lowest BCUT2D eigenvalue weighted by Crippen LogP contribution is -1.94. The summed E-state index contributed by atoms with van der Waals surface area (Å²) in [4.78, 5) is 0. The van der Waals surface area contributed by atoms with Crippen LogP contribution in [0, 0.1) is 40.9 Å². The van der Waals surface area contributed by atoms with Gasteiger partial charge in [0, 0.05) is 24.7 Å². The van der Waals surface area contributed by atoms with E-state index in [0.29, 0.717) is 17.7 Å². The Morgan fingerprint density at radius 3 is 2.09 bits per heavy atom. The minimum Gasteiger partial charge on any atom is -0.385 e. The highest BCUT2D eigenvalue weighted by molar-refractivity contribution is 5.84. The molecule has 0 saturated heterocycles. The molecule has 4 aromatic carbocycles. The van der Waals surface area contributed by atoms with Crippen molar-refractivity contribution in [3.8, 4) is 23.0 Å². The van der Waals surface area contributed by atoms with E-state index in [0.717, 1.165) is 24.5 Å². The van der Waals surface area contributed by atoms with Gasteiger partial charge < -0.3 is 4.74 Å². The molecule has 0 aliphatic heterocycles. The second-order valence-corrected chi connectivity index (χ2v) is 7.78. The molecular weight excluding hydrogens is 447 g/mol. The summed E-state index contributed by atoms with van der Waals surface area (Å²) in [5, 5.41) is -0.0268. The Morgan fingerprint density at radius 2 is 1.41 bits per heavy atom. The van der Waals surface area contributed by atoms with Gasteiger partial charge in [-0.25, -0.2) is 22.0 Å². The maximum absolute atomic E-state index is 14.7. The summed E-state index contributed by atoms with van der Waals surface area (Å²) < 4.78 is 75.2. The molecule has 0 atom stereocenters. The van der Waals surface area contributed by atoms with Gasteiger partial charge in [0.25, 0.3) is 0 Å². The molecule has 0 N–H and O–H groups in total. The van der Waals surface area contributed by atoms with Crippen LogP contribution in [0.3, 0.4) is 0 Å². The Labute approximate surface area is 193 Å². The highest BCUT2D eigenvalue weighted by atomic mass is 19.2. The maximum atomic E-state index is 14.7. The average molecular weight is 466 g/mol. The van der Waals surface area contributed by atoms with Crippen LogP contribution >= 0.6 is 0 Å². The predicted molar refractivity (Wildman–Crippen MR) is 122 cm³/mol. The number of benzene rings is 4. The molecule has 0 aliphatic rings. The zero-order chi connectivity index (χ0) is 24.2. The number of halogens is 5. The molecule has 6 heteroatoms. The minimum atomic E-state index is -1.56. The molecule has 34 heavy (non-hydrogen) atoms. The Morgan fingerprint density at radius 1 is 0.706 bits per heavy atom. The number of hydrogen-bond donors (Lipinski definition) is 0. The lowest BCUT2D eigenvalue weighted by atomic mass is 10.00. The van der Waals surface area contributed by atoms with Crippen molar-refractivity contribution in [3.63, 3.8) is 0 Å². The van der Waals surface area contributed by atoms with Gasteiger partial charge >= 0.3 is 0 Å². The highest BCUT2D eigenvalue weighted by Gasteiger charge is 2.14. The molecule has 0 bridgehead atoms. The van der Waals surface area contributed by atoms with Gasteiger partial charge in [0.05, 0.1) is 5.56 Å². The largest absolute Gasteiger partial charge is 0.385 e. The SMILES string of the molecule is COCCCc1ccc(-c2cc(F)c(C#Cc3ccc4c(F)c(F)c(F)cc4c3)c(F)c2)cc1. The van der Waals surface area contributed by atoms with Crippen LogP contribution < -0.4 is 0 Å². The molecule has 4 aromatic rings. The molecule has 0 fully saturated rings.